The molecule has 0 bridgehead atoms. The molecule has 1 aromatic carbocycles. The number of hydrogen-bond donors (Lipinski definition) is 2. The number of aryl methyl sites for hydroxylation is 1. The molecule has 1 aliphatic rings. The second-order valence-electron chi connectivity index (χ2n) is 4.39. The summed E-state index contributed by atoms with van der Waals surface area (Å²) in [6, 6.07) is 6.21. The molecular weight excluding hydrogens is 268 g/mol. The van der Waals surface area contributed by atoms with Crippen molar-refractivity contribution in [2.24, 2.45) is 0 Å². The number of aliphatic hydroxyl groups is 2. The van der Waals surface area contributed by atoms with E-state index in [2.05, 4.69) is 22.0 Å². The number of fused-ring (bicyclic) bond motifs is 1. The summed E-state index contributed by atoms with van der Waals surface area (Å²) >= 11 is 3.57. The highest BCUT2D eigenvalue weighted by Gasteiger charge is 2.29. The Morgan fingerprint density at radius 2 is 2.19 bits per heavy atom. The molecule has 3 heteroatoms. The molecule has 0 aromatic heterocycles. The van der Waals surface area contributed by atoms with E-state index in [-0.39, 0.29) is 18.6 Å². The molecule has 0 saturated carbocycles. The molecule has 0 heterocycles. The van der Waals surface area contributed by atoms with Crippen molar-refractivity contribution >= 4 is 15.9 Å². The number of halogens is 1. The van der Waals surface area contributed by atoms with Crippen LogP contribution in [0.25, 0.3) is 0 Å². The number of benzene rings is 1. The summed E-state index contributed by atoms with van der Waals surface area (Å²) in [5.74, 6) is 0.173. The van der Waals surface area contributed by atoms with Gasteiger partial charge in [0.25, 0.3) is 0 Å². The number of rotatable bonds is 3. The van der Waals surface area contributed by atoms with Gasteiger partial charge in [-0.1, -0.05) is 28.1 Å². The van der Waals surface area contributed by atoms with Gasteiger partial charge in [0.05, 0.1) is 6.10 Å². The molecule has 2 unspecified atom stereocenters. The highest BCUT2D eigenvalue weighted by molar-refractivity contribution is 9.10. The first-order chi connectivity index (χ1) is 7.74. The van der Waals surface area contributed by atoms with Gasteiger partial charge in [-0.05, 0) is 42.9 Å². The summed E-state index contributed by atoms with van der Waals surface area (Å²) in [5.41, 5.74) is 2.58. The number of hydrogen-bond acceptors (Lipinski definition) is 2. The molecule has 2 atom stereocenters. The minimum Gasteiger partial charge on any atom is -0.396 e. The zero-order valence-corrected chi connectivity index (χ0v) is 10.8. The van der Waals surface area contributed by atoms with Crippen LogP contribution in [0.1, 0.15) is 36.3 Å². The van der Waals surface area contributed by atoms with Gasteiger partial charge < -0.3 is 10.2 Å². The van der Waals surface area contributed by atoms with Gasteiger partial charge in [-0.25, -0.2) is 0 Å². The van der Waals surface area contributed by atoms with Gasteiger partial charge in [-0.15, -0.1) is 0 Å². The molecular formula is C13H17BrO2. The lowest BCUT2D eigenvalue weighted by atomic mass is 9.78. The maximum Gasteiger partial charge on any atom is 0.0612 e. The Morgan fingerprint density at radius 3 is 2.94 bits per heavy atom. The largest absolute Gasteiger partial charge is 0.396 e. The fraction of sp³-hybridized carbons (Fsp3) is 0.538. The van der Waals surface area contributed by atoms with Crippen LogP contribution in [0.4, 0.5) is 0 Å². The van der Waals surface area contributed by atoms with Crippen molar-refractivity contribution in [3.05, 3.63) is 33.8 Å². The Bertz CT molecular complexity index is 365. The molecule has 0 aliphatic heterocycles. The Labute approximate surface area is 104 Å². The molecule has 0 saturated heterocycles. The van der Waals surface area contributed by atoms with Crippen LogP contribution in [0, 0.1) is 0 Å². The third-order valence-corrected chi connectivity index (χ3v) is 4.05. The lowest BCUT2D eigenvalue weighted by molar-refractivity contribution is 0.117. The van der Waals surface area contributed by atoms with Crippen LogP contribution in [-0.2, 0) is 6.42 Å². The predicted molar refractivity (Wildman–Crippen MR) is 67.5 cm³/mol. The average molecular weight is 285 g/mol. The summed E-state index contributed by atoms with van der Waals surface area (Å²) in [7, 11) is 0. The van der Waals surface area contributed by atoms with Crippen LogP contribution in [-0.4, -0.2) is 22.9 Å². The van der Waals surface area contributed by atoms with Crippen LogP contribution < -0.4 is 0 Å². The molecule has 0 spiro atoms. The van der Waals surface area contributed by atoms with Crippen molar-refractivity contribution in [3.63, 3.8) is 0 Å². The highest BCUT2D eigenvalue weighted by atomic mass is 79.9. The highest BCUT2D eigenvalue weighted by Crippen LogP contribution is 2.39. The van der Waals surface area contributed by atoms with Gasteiger partial charge in [-0.2, -0.15) is 0 Å². The van der Waals surface area contributed by atoms with E-state index >= 15 is 0 Å². The standard InChI is InChI=1S/C13H17BrO2/c14-11-5-1-3-9-6-7-12(16)10(13(9)11)4-2-8-15/h1,3,5,10,12,15-16H,2,4,6-8H2. The molecule has 1 aromatic rings. The van der Waals surface area contributed by atoms with Gasteiger partial charge >= 0.3 is 0 Å². The van der Waals surface area contributed by atoms with E-state index < -0.39 is 0 Å². The second-order valence-corrected chi connectivity index (χ2v) is 5.25. The Kier molecular flexibility index (Phi) is 4.00. The Morgan fingerprint density at radius 1 is 1.38 bits per heavy atom. The SMILES string of the molecule is OCCCC1c2c(Br)cccc2CCC1O. The van der Waals surface area contributed by atoms with Crippen LogP contribution in [0.2, 0.25) is 0 Å². The molecule has 16 heavy (non-hydrogen) atoms. The van der Waals surface area contributed by atoms with E-state index in [1.807, 2.05) is 12.1 Å². The van der Waals surface area contributed by atoms with Crippen LogP contribution >= 0.6 is 15.9 Å². The molecule has 0 radical (unpaired) electrons. The van der Waals surface area contributed by atoms with Crippen molar-refractivity contribution in [2.75, 3.05) is 6.61 Å². The second kappa shape index (κ2) is 5.30. The zero-order chi connectivity index (χ0) is 11.5. The van der Waals surface area contributed by atoms with Gasteiger partial charge in [0, 0.05) is 17.0 Å². The molecule has 1 aliphatic carbocycles. The minimum absolute atomic E-state index is 0.173. The van der Waals surface area contributed by atoms with Crippen molar-refractivity contribution in [3.8, 4) is 0 Å². The summed E-state index contributed by atoms with van der Waals surface area (Å²) in [5, 5.41) is 19.0. The van der Waals surface area contributed by atoms with E-state index in [1.165, 1.54) is 11.1 Å². The quantitative estimate of drug-likeness (QED) is 0.896. The normalized spacial score (nSPS) is 24.2. The lowest BCUT2D eigenvalue weighted by Gasteiger charge is -2.31. The maximum absolute atomic E-state index is 10.1. The molecule has 0 fully saturated rings. The predicted octanol–water partition coefficient (Wildman–Crippen LogP) is 2.61. The first kappa shape index (κ1) is 12.1. The zero-order valence-electron chi connectivity index (χ0n) is 9.19. The van der Waals surface area contributed by atoms with Crippen LogP contribution in [0.5, 0.6) is 0 Å². The summed E-state index contributed by atoms with van der Waals surface area (Å²) in [6.07, 6.45) is 3.12. The monoisotopic (exact) mass is 284 g/mol. The van der Waals surface area contributed by atoms with Gasteiger partial charge in [0.1, 0.15) is 0 Å². The third kappa shape index (κ3) is 2.31. The minimum atomic E-state index is -0.266. The van der Waals surface area contributed by atoms with Gasteiger partial charge in [0.2, 0.25) is 0 Å². The summed E-state index contributed by atoms with van der Waals surface area (Å²) < 4.78 is 1.09. The Balaban J connectivity index is 2.31. The van der Waals surface area contributed by atoms with Crippen molar-refractivity contribution < 1.29 is 10.2 Å². The molecule has 88 valence electrons. The molecule has 2 nitrogen and oxygen atoms in total. The fourth-order valence-corrected chi connectivity index (χ4v) is 3.26. The van der Waals surface area contributed by atoms with Crippen LogP contribution in [0.3, 0.4) is 0 Å². The van der Waals surface area contributed by atoms with E-state index in [4.69, 9.17) is 5.11 Å². The molecule has 2 rings (SSSR count). The lowest BCUT2D eigenvalue weighted by Crippen LogP contribution is -2.26. The first-order valence-electron chi connectivity index (χ1n) is 5.80. The average Bonchev–Trinajstić information content (AvgIpc) is 2.28. The smallest absolute Gasteiger partial charge is 0.0612 e. The molecule has 0 amide bonds. The van der Waals surface area contributed by atoms with Crippen molar-refractivity contribution in [2.45, 2.75) is 37.7 Å². The summed E-state index contributed by atoms with van der Waals surface area (Å²) in [4.78, 5) is 0. The van der Waals surface area contributed by atoms with E-state index in [9.17, 15) is 5.11 Å². The topological polar surface area (TPSA) is 40.5 Å². The van der Waals surface area contributed by atoms with Gasteiger partial charge in [0.15, 0.2) is 0 Å². The van der Waals surface area contributed by atoms with Crippen molar-refractivity contribution in [1.82, 2.24) is 0 Å². The van der Waals surface area contributed by atoms with Crippen LogP contribution in [0.15, 0.2) is 22.7 Å². The third-order valence-electron chi connectivity index (χ3n) is 3.36. The summed E-state index contributed by atoms with van der Waals surface area (Å²) in [6.45, 7) is 0.197. The van der Waals surface area contributed by atoms with E-state index in [0.717, 1.165) is 30.2 Å². The van der Waals surface area contributed by atoms with Gasteiger partial charge in [-0.3, -0.25) is 0 Å². The van der Waals surface area contributed by atoms with E-state index in [0.29, 0.717) is 0 Å². The first-order valence-corrected chi connectivity index (χ1v) is 6.59. The maximum atomic E-state index is 10.1. The Hall–Kier alpha value is -0.380. The number of aliphatic hydroxyl groups excluding tert-OH is 2. The fourth-order valence-electron chi connectivity index (χ4n) is 2.56. The molecule has 2 N–H and O–H groups in total. The van der Waals surface area contributed by atoms with E-state index in [1.54, 1.807) is 0 Å². The van der Waals surface area contributed by atoms with Crippen molar-refractivity contribution in [1.29, 1.82) is 0 Å².